The van der Waals surface area contributed by atoms with Crippen molar-refractivity contribution in [3.05, 3.63) is 59.9 Å². The molecule has 3 aromatic rings. The molecule has 7 heteroatoms. The van der Waals surface area contributed by atoms with Crippen molar-refractivity contribution in [2.24, 2.45) is 7.05 Å². The van der Waals surface area contributed by atoms with E-state index in [0.29, 0.717) is 0 Å². The molecular weight excluding hydrogens is 343 g/mol. The topological polar surface area (TPSA) is 50.1 Å². The Morgan fingerprint density at radius 3 is 2.56 bits per heavy atom. The number of halogens is 1. The lowest BCUT2D eigenvalue weighted by molar-refractivity contribution is 0.249. The van der Waals surface area contributed by atoms with Gasteiger partial charge in [-0.1, -0.05) is 12.1 Å². The Bertz CT molecular complexity index is 930. The Kier molecular flexibility index (Phi) is 4.85. The molecule has 1 saturated heterocycles. The summed E-state index contributed by atoms with van der Waals surface area (Å²) in [6, 6.07) is 6.53. The van der Waals surface area contributed by atoms with Gasteiger partial charge in [-0.05, 0) is 19.1 Å². The smallest absolute Gasteiger partial charge is 0.155 e. The summed E-state index contributed by atoms with van der Waals surface area (Å²) in [4.78, 5) is 13.7. The summed E-state index contributed by atoms with van der Waals surface area (Å²) in [6.07, 6.45) is 5.31. The van der Waals surface area contributed by atoms with Crippen molar-refractivity contribution in [3.8, 4) is 11.3 Å². The predicted molar refractivity (Wildman–Crippen MR) is 103 cm³/mol. The van der Waals surface area contributed by atoms with Gasteiger partial charge in [-0.3, -0.25) is 14.6 Å². The fourth-order valence-corrected chi connectivity index (χ4v) is 3.46. The first kappa shape index (κ1) is 17.6. The second kappa shape index (κ2) is 7.44. The third kappa shape index (κ3) is 3.68. The number of hydrogen-bond acceptors (Lipinski definition) is 5. The van der Waals surface area contributed by atoms with Crippen LogP contribution in [0.25, 0.3) is 11.3 Å². The molecule has 1 aromatic carbocycles. The Morgan fingerprint density at radius 2 is 1.85 bits per heavy atom. The molecule has 0 radical (unpaired) electrons. The van der Waals surface area contributed by atoms with Gasteiger partial charge in [-0.25, -0.2) is 9.37 Å². The zero-order chi connectivity index (χ0) is 18.8. The molecule has 0 bridgehead atoms. The van der Waals surface area contributed by atoms with E-state index in [2.05, 4.69) is 31.8 Å². The van der Waals surface area contributed by atoms with Gasteiger partial charge in [0.2, 0.25) is 0 Å². The Labute approximate surface area is 158 Å². The standard InChI is InChI=1S/C20H23FN6/c1-15-17(13-24-25(15)2)14-26-8-10-27(11-9-26)20-19(22-6-7-23-20)16-4-3-5-18(21)12-16/h3-7,12-13H,8-11,14H2,1-2H3. The summed E-state index contributed by atoms with van der Waals surface area (Å²) in [7, 11) is 1.97. The molecule has 1 aliphatic heterocycles. The average Bonchev–Trinajstić information content (AvgIpc) is 3.01. The SMILES string of the molecule is Cc1c(CN2CCN(c3nccnc3-c3cccc(F)c3)CC2)cnn1C. The molecule has 0 spiro atoms. The molecule has 1 aliphatic rings. The zero-order valence-electron chi connectivity index (χ0n) is 15.6. The van der Waals surface area contributed by atoms with Crippen LogP contribution < -0.4 is 4.90 Å². The molecule has 1 fully saturated rings. The van der Waals surface area contributed by atoms with Crippen molar-refractivity contribution in [1.29, 1.82) is 0 Å². The highest BCUT2D eigenvalue weighted by Crippen LogP contribution is 2.28. The van der Waals surface area contributed by atoms with Gasteiger partial charge in [0, 0.05) is 69.0 Å². The van der Waals surface area contributed by atoms with Crippen molar-refractivity contribution >= 4 is 5.82 Å². The molecule has 0 aliphatic carbocycles. The molecular formula is C20H23FN6. The number of benzene rings is 1. The minimum Gasteiger partial charge on any atom is -0.352 e. The molecule has 0 N–H and O–H groups in total. The van der Waals surface area contributed by atoms with E-state index in [1.807, 2.05) is 24.0 Å². The summed E-state index contributed by atoms with van der Waals surface area (Å²) in [5, 5.41) is 4.33. The minimum atomic E-state index is -0.263. The molecule has 3 heterocycles. The lowest BCUT2D eigenvalue weighted by Crippen LogP contribution is -2.46. The summed E-state index contributed by atoms with van der Waals surface area (Å²) < 4.78 is 15.6. The highest BCUT2D eigenvalue weighted by Gasteiger charge is 2.22. The molecule has 0 atom stereocenters. The van der Waals surface area contributed by atoms with Crippen molar-refractivity contribution in [3.63, 3.8) is 0 Å². The van der Waals surface area contributed by atoms with E-state index >= 15 is 0 Å². The molecule has 140 valence electrons. The fourth-order valence-electron chi connectivity index (χ4n) is 3.46. The highest BCUT2D eigenvalue weighted by molar-refractivity contribution is 5.72. The summed E-state index contributed by atoms with van der Waals surface area (Å²) in [5.41, 5.74) is 3.96. The lowest BCUT2D eigenvalue weighted by atomic mass is 10.1. The molecule has 0 amide bonds. The number of piperazine rings is 1. The average molecular weight is 366 g/mol. The number of aromatic nitrogens is 4. The van der Waals surface area contributed by atoms with E-state index in [1.54, 1.807) is 18.5 Å². The van der Waals surface area contributed by atoms with Crippen LogP contribution in [0.5, 0.6) is 0 Å². The summed E-state index contributed by atoms with van der Waals surface area (Å²) in [5.74, 6) is 0.557. The van der Waals surface area contributed by atoms with E-state index in [-0.39, 0.29) is 5.82 Å². The molecule has 6 nitrogen and oxygen atoms in total. The van der Waals surface area contributed by atoms with Crippen LogP contribution in [0.4, 0.5) is 10.2 Å². The highest BCUT2D eigenvalue weighted by atomic mass is 19.1. The van der Waals surface area contributed by atoms with Crippen LogP contribution >= 0.6 is 0 Å². The van der Waals surface area contributed by atoms with Gasteiger partial charge >= 0.3 is 0 Å². The Balaban J connectivity index is 1.48. The van der Waals surface area contributed by atoms with Crippen molar-refractivity contribution in [2.75, 3.05) is 31.1 Å². The summed E-state index contributed by atoms with van der Waals surface area (Å²) >= 11 is 0. The van der Waals surface area contributed by atoms with E-state index in [4.69, 9.17) is 0 Å². The quantitative estimate of drug-likeness (QED) is 0.711. The zero-order valence-corrected chi connectivity index (χ0v) is 15.6. The van der Waals surface area contributed by atoms with Crippen molar-refractivity contribution in [1.82, 2.24) is 24.6 Å². The minimum absolute atomic E-state index is 0.263. The van der Waals surface area contributed by atoms with Gasteiger partial charge in [0.05, 0.1) is 6.20 Å². The predicted octanol–water partition coefficient (Wildman–Crippen LogP) is 2.65. The second-order valence-corrected chi connectivity index (χ2v) is 6.88. The molecule has 27 heavy (non-hydrogen) atoms. The monoisotopic (exact) mass is 366 g/mol. The van der Waals surface area contributed by atoms with E-state index in [1.165, 1.54) is 23.4 Å². The second-order valence-electron chi connectivity index (χ2n) is 6.88. The van der Waals surface area contributed by atoms with Gasteiger partial charge in [0.25, 0.3) is 0 Å². The number of anilines is 1. The van der Waals surface area contributed by atoms with Crippen LogP contribution in [0, 0.1) is 12.7 Å². The maximum Gasteiger partial charge on any atom is 0.155 e. The van der Waals surface area contributed by atoms with E-state index < -0.39 is 0 Å². The lowest BCUT2D eigenvalue weighted by Gasteiger charge is -2.35. The fraction of sp³-hybridized carbons (Fsp3) is 0.350. The molecule has 0 unspecified atom stereocenters. The normalized spacial score (nSPS) is 15.3. The first-order valence-electron chi connectivity index (χ1n) is 9.13. The molecule has 2 aromatic heterocycles. The number of hydrogen-bond donors (Lipinski definition) is 0. The Morgan fingerprint density at radius 1 is 1.07 bits per heavy atom. The van der Waals surface area contributed by atoms with Gasteiger partial charge in [-0.2, -0.15) is 5.10 Å². The Hall–Kier alpha value is -2.80. The number of aryl methyl sites for hydroxylation is 1. The first-order chi connectivity index (χ1) is 13.1. The van der Waals surface area contributed by atoms with Crippen LogP contribution in [0.2, 0.25) is 0 Å². The third-order valence-electron chi connectivity index (χ3n) is 5.18. The maximum atomic E-state index is 13.6. The van der Waals surface area contributed by atoms with Crippen LogP contribution in [0.1, 0.15) is 11.3 Å². The first-order valence-corrected chi connectivity index (χ1v) is 9.13. The summed E-state index contributed by atoms with van der Waals surface area (Å²) in [6.45, 7) is 6.61. The molecule has 4 rings (SSSR count). The maximum absolute atomic E-state index is 13.6. The number of rotatable bonds is 4. The van der Waals surface area contributed by atoms with Gasteiger partial charge in [0.1, 0.15) is 11.5 Å². The number of nitrogens with zero attached hydrogens (tertiary/aromatic N) is 6. The van der Waals surface area contributed by atoms with Gasteiger partial charge < -0.3 is 4.90 Å². The van der Waals surface area contributed by atoms with E-state index in [0.717, 1.165) is 49.8 Å². The third-order valence-corrected chi connectivity index (χ3v) is 5.18. The van der Waals surface area contributed by atoms with Crippen molar-refractivity contribution in [2.45, 2.75) is 13.5 Å². The van der Waals surface area contributed by atoms with Gasteiger partial charge in [0.15, 0.2) is 5.82 Å². The van der Waals surface area contributed by atoms with Crippen LogP contribution in [-0.2, 0) is 13.6 Å². The largest absolute Gasteiger partial charge is 0.352 e. The van der Waals surface area contributed by atoms with Crippen LogP contribution in [-0.4, -0.2) is 50.8 Å². The van der Waals surface area contributed by atoms with Crippen LogP contribution in [0.3, 0.4) is 0 Å². The van der Waals surface area contributed by atoms with E-state index in [9.17, 15) is 4.39 Å². The van der Waals surface area contributed by atoms with Gasteiger partial charge in [-0.15, -0.1) is 0 Å². The van der Waals surface area contributed by atoms with Crippen LogP contribution in [0.15, 0.2) is 42.9 Å². The van der Waals surface area contributed by atoms with Crippen molar-refractivity contribution < 1.29 is 4.39 Å². The molecule has 0 saturated carbocycles.